The first-order valence-corrected chi connectivity index (χ1v) is 9.15. The van der Waals surface area contributed by atoms with E-state index in [4.69, 9.17) is 23.8 Å². The van der Waals surface area contributed by atoms with Crippen LogP contribution in [0.1, 0.15) is 0 Å². The van der Waals surface area contributed by atoms with E-state index in [0.717, 1.165) is 32.7 Å². The van der Waals surface area contributed by atoms with Gasteiger partial charge in [0, 0.05) is 10.7 Å². The Bertz CT molecular complexity index is 1080. The normalized spacial score (nSPS) is 10.7. The van der Waals surface area contributed by atoms with Gasteiger partial charge in [0.2, 0.25) is 0 Å². The van der Waals surface area contributed by atoms with Crippen LogP contribution in [0.4, 0.5) is 0 Å². The summed E-state index contributed by atoms with van der Waals surface area (Å²) in [5, 5.41) is 0.711. The van der Waals surface area contributed by atoms with E-state index in [1.54, 1.807) is 0 Å². The lowest BCUT2D eigenvalue weighted by atomic mass is 10.0. The maximum Gasteiger partial charge on any atom is 0.111 e. The molecule has 1 heterocycles. The maximum atomic E-state index is 6.07. The molecular formula is C23H16ClNS. The van der Waals surface area contributed by atoms with Crippen molar-refractivity contribution in [2.45, 2.75) is 0 Å². The molecule has 0 saturated heterocycles. The molecule has 26 heavy (non-hydrogen) atoms. The minimum Gasteiger partial charge on any atom is -0.301 e. The molecule has 0 N–H and O–H groups in total. The lowest BCUT2D eigenvalue weighted by molar-refractivity contribution is 1.04. The van der Waals surface area contributed by atoms with Crippen molar-refractivity contribution >= 4 is 23.8 Å². The summed E-state index contributed by atoms with van der Waals surface area (Å²) in [6.45, 7) is 0. The number of nitrogens with zero attached hydrogens (tertiary/aromatic N) is 1. The number of hydrogen-bond acceptors (Lipinski definition) is 1. The van der Waals surface area contributed by atoms with Crippen LogP contribution in [0.3, 0.4) is 0 Å². The molecule has 4 aromatic rings. The Morgan fingerprint density at radius 1 is 0.615 bits per heavy atom. The Morgan fingerprint density at radius 2 is 1.19 bits per heavy atom. The number of hydrogen-bond donors (Lipinski definition) is 0. The summed E-state index contributed by atoms with van der Waals surface area (Å²) < 4.78 is 2.85. The number of aromatic nitrogens is 1. The van der Waals surface area contributed by atoms with Crippen molar-refractivity contribution in [2.24, 2.45) is 0 Å². The van der Waals surface area contributed by atoms with Crippen molar-refractivity contribution < 1.29 is 0 Å². The minimum atomic E-state index is 0.711. The Balaban J connectivity index is 1.99. The highest BCUT2D eigenvalue weighted by Crippen LogP contribution is 2.30. The van der Waals surface area contributed by atoms with E-state index < -0.39 is 0 Å². The first-order valence-electron chi connectivity index (χ1n) is 8.36. The average Bonchev–Trinajstić information content (AvgIpc) is 2.70. The zero-order valence-electron chi connectivity index (χ0n) is 14.0. The van der Waals surface area contributed by atoms with Crippen LogP contribution in [0.15, 0.2) is 97.1 Å². The van der Waals surface area contributed by atoms with Crippen LogP contribution in [0, 0.1) is 4.64 Å². The third-order valence-corrected chi connectivity index (χ3v) is 4.85. The highest BCUT2D eigenvalue weighted by Gasteiger charge is 2.10. The Morgan fingerprint density at radius 3 is 1.81 bits per heavy atom. The third-order valence-electron chi connectivity index (χ3n) is 4.29. The van der Waals surface area contributed by atoms with Crippen molar-refractivity contribution in [3.63, 3.8) is 0 Å². The van der Waals surface area contributed by atoms with E-state index in [9.17, 15) is 0 Å². The average molecular weight is 374 g/mol. The second kappa shape index (κ2) is 7.28. The zero-order valence-corrected chi connectivity index (χ0v) is 15.5. The zero-order chi connectivity index (χ0) is 17.9. The van der Waals surface area contributed by atoms with Crippen molar-refractivity contribution in [1.82, 2.24) is 4.57 Å². The molecule has 0 spiro atoms. The van der Waals surface area contributed by atoms with Gasteiger partial charge in [-0.25, -0.2) is 0 Å². The topological polar surface area (TPSA) is 4.93 Å². The minimum absolute atomic E-state index is 0.711. The number of pyridine rings is 1. The second-order valence-corrected chi connectivity index (χ2v) is 6.87. The lowest BCUT2D eigenvalue weighted by Gasteiger charge is -2.17. The first-order chi connectivity index (χ1) is 12.7. The molecule has 0 saturated carbocycles. The van der Waals surface area contributed by atoms with E-state index in [1.807, 2.05) is 66.7 Å². The fraction of sp³-hybridized carbons (Fsp3) is 0. The quantitative estimate of drug-likeness (QED) is 0.344. The molecule has 0 atom stereocenters. The maximum absolute atomic E-state index is 6.07. The number of benzene rings is 3. The molecule has 0 unspecified atom stereocenters. The van der Waals surface area contributed by atoms with Gasteiger partial charge in [-0.05, 0) is 53.1 Å². The van der Waals surface area contributed by atoms with Crippen LogP contribution in [0.25, 0.3) is 28.1 Å². The number of rotatable bonds is 3. The van der Waals surface area contributed by atoms with Gasteiger partial charge in [-0.3, -0.25) is 0 Å². The molecular weight excluding hydrogens is 358 g/mol. The molecule has 0 aliphatic rings. The highest BCUT2D eigenvalue weighted by molar-refractivity contribution is 7.71. The summed E-state index contributed by atoms with van der Waals surface area (Å²) in [5.41, 5.74) is 5.43. The van der Waals surface area contributed by atoms with Gasteiger partial charge in [0.1, 0.15) is 4.64 Å². The van der Waals surface area contributed by atoms with E-state index >= 15 is 0 Å². The van der Waals surface area contributed by atoms with Crippen LogP contribution in [0.2, 0.25) is 5.02 Å². The Kier molecular flexibility index (Phi) is 4.70. The lowest BCUT2D eigenvalue weighted by Crippen LogP contribution is -2.02. The summed E-state index contributed by atoms with van der Waals surface area (Å²) in [6.07, 6.45) is 0. The van der Waals surface area contributed by atoms with Crippen molar-refractivity contribution in [3.05, 3.63) is 107 Å². The predicted octanol–water partition coefficient (Wildman–Crippen LogP) is 7.19. The first kappa shape index (κ1) is 16.8. The van der Waals surface area contributed by atoms with Gasteiger partial charge in [0.25, 0.3) is 0 Å². The molecule has 0 aliphatic heterocycles. The van der Waals surface area contributed by atoms with E-state index in [0.29, 0.717) is 5.02 Å². The van der Waals surface area contributed by atoms with Gasteiger partial charge in [0.05, 0.1) is 5.69 Å². The molecule has 0 aliphatic carbocycles. The van der Waals surface area contributed by atoms with Crippen LogP contribution >= 0.6 is 23.8 Å². The molecule has 1 aromatic heterocycles. The van der Waals surface area contributed by atoms with Gasteiger partial charge < -0.3 is 4.57 Å². The van der Waals surface area contributed by atoms with Crippen LogP contribution in [-0.4, -0.2) is 4.57 Å². The second-order valence-electron chi connectivity index (χ2n) is 6.01. The van der Waals surface area contributed by atoms with Gasteiger partial charge in [0.15, 0.2) is 0 Å². The standard InChI is InChI=1S/C23H16ClNS/c24-20-11-13-21(14-12-20)25-22(18-9-5-2-6-10-18)15-19(16-23(25)26)17-7-3-1-4-8-17/h1-16H. The molecule has 1 nitrogen and oxygen atoms in total. The fourth-order valence-electron chi connectivity index (χ4n) is 3.04. The number of halogens is 1. The van der Waals surface area contributed by atoms with Crippen LogP contribution in [0.5, 0.6) is 0 Å². The monoisotopic (exact) mass is 373 g/mol. The van der Waals surface area contributed by atoms with Gasteiger partial charge in [-0.15, -0.1) is 0 Å². The molecule has 0 fully saturated rings. The van der Waals surface area contributed by atoms with Crippen molar-refractivity contribution in [2.75, 3.05) is 0 Å². The SMILES string of the molecule is S=c1cc(-c2ccccc2)cc(-c2ccccc2)n1-c1ccc(Cl)cc1. The summed E-state index contributed by atoms with van der Waals surface area (Å²) in [6, 6.07) is 32.6. The van der Waals surface area contributed by atoms with Crippen molar-refractivity contribution in [1.29, 1.82) is 0 Å². The van der Waals surface area contributed by atoms with Crippen molar-refractivity contribution in [3.8, 4) is 28.1 Å². The highest BCUT2D eigenvalue weighted by atomic mass is 35.5. The van der Waals surface area contributed by atoms with Crippen LogP contribution < -0.4 is 0 Å². The molecule has 3 heteroatoms. The molecule has 126 valence electrons. The fourth-order valence-corrected chi connectivity index (χ4v) is 3.50. The molecule has 3 aromatic carbocycles. The largest absolute Gasteiger partial charge is 0.301 e. The van der Waals surface area contributed by atoms with E-state index in [1.165, 1.54) is 0 Å². The summed E-state index contributed by atoms with van der Waals surface area (Å²) in [7, 11) is 0. The molecule has 4 rings (SSSR count). The molecule has 0 amide bonds. The van der Waals surface area contributed by atoms with Gasteiger partial charge in [-0.1, -0.05) is 84.5 Å². The van der Waals surface area contributed by atoms with Gasteiger partial charge >= 0.3 is 0 Å². The Labute approximate surface area is 163 Å². The summed E-state index contributed by atoms with van der Waals surface area (Å²) in [4.78, 5) is 0. The molecule has 0 bridgehead atoms. The van der Waals surface area contributed by atoms with Gasteiger partial charge in [-0.2, -0.15) is 0 Å². The summed E-state index contributed by atoms with van der Waals surface area (Å²) >= 11 is 11.8. The Hall–Kier alpha value is -2.68. The summed E-state index contributed by atoms with van der Waals surface area (Å²) in [5.74, 6) is 0. The van der Waals surface area contributed by atoms with E-state index in [2.05, 4.69) is 34.9 Å². The predicted molar refractivity (Wildman–Crippen MR) is 112 cm³/mol. The third kappa shape index (κ3) is 3.34. The molecule has 0 radical (unpaired) electrons. The van der Waals surface area contributed by atoms with E-state index in [-0.39, 0.29) is 0 Å². The van der Waals surface area contributed by atoms with Crippen LogP contribution in [-0.2, 0) is 0 Å². The smallest absolute Gasteiger partial charge is 0.111 e.